The lowest BCUT2D eigenvalue weighted by Gasteiger charge is -2.10. The molecule has 1 aromatic rings. The van der Waals surface area contributed by atoms with Gasteiger partial charge in [0.05, 0.1) is 5.56 Å². The molecule has 0 radical (unpaired) electrons. The van der Waals surface area contributed by atoms with Crippen LogP contribution in [0.5, 0.6) is 0 Å². The van der Waals surface area contributed by atoms with Crippen LogP contribution in [0.15, 0.2) is 22.7 Å². The highest BCUT2D eigenvalue weighted by molar-refractivity contribution is 9.10. The van der Waals surface area contributed by atoms with Crippen LogP contribution in [-0.4, -0.2) is 24.0 Å². The molecule has 0 aliphatic carbocycles. The molecule has 2 rings (SSSR count). The Balaban J connectivity index is 1.94. The minimum atomic E-state index is -0.347. The van der Waals surface area contributed by atoms with Gasteiger partial charge in [-0.1, -0.05) is 0 Å². The molecule has 92 valence electrons. The van der Waals surface area contributed by atoms with E-state index in [9.17, 15) is 9.18 Å². The topological polar surface area (TPSA) is 29.1 Å². The van der Waals surface area contributed by atoms with Gasteiger partial charge in [-0.2, -0.15) is 11.8 Å². The number of benzene rings is 1. The third-order valence-corrected chi connectivity index (χ3v) is 4.64. The molecule has 1 unspecified atom stereocenters. The van der Waals surface area contributed by atoms with Crippen LogP contribution < -0.4 is 5.32 Å². The molecule has 1 amide bonds. The molecule has 0 aromatic heterocycles. The first-order valence-corrected chi connectivity index (χ1v) is 7.42. The summed E-state index contributed by atoms with van der Waals surface area (Å²) in [5.41, 5.74) is 0.483. The van der Waals surface area contributed by atoms with Crippen LogP contribution >= 0.6 is 27.7 Å². The van der Waals surface area contributed by atoms with E-state index in [0.29, 0.717) is 22.5 Å². The van der Waals surface area contributed by atoms with Crippen molar-refractivity contribution in [1.82, 2.24) is 5.32 Å². The van der Waals surface area contributed by atoms with Gasteiger partial charge in [-0.15, -0.1) is 0 Å². The van der Waals surface area contributed by atoms with E-state index in [0.717, 1.165) is 12.2 Å². The Hall–Kier alpha value is -0.550. The summed E-state index contributed by atoms with van der Waals surface area (Å²) in [7, 11) is 0. The van der Waals surface area contributed by atoms with Crippen molar-refractivity contribution in [3.8, 4) is 0 Å². The van der Waals surface area contributed by atoms with Crippen molar-refractivity contribution in [1.29, 1.82) is 0 Å². The molecule has 1 saturated heterocycles. The van der Waals surface area contributed by atoms with Gasteiger partial charge in [0.1, 0.15) is 5.82 Å². The summed E-state index contributed by atoms with van der Waals surface area (Å²) in [5, 5.41) is 2.90. The maximum absolute atomic E-state index is 12.9. The van der Waals surface area contributed by atoms with Crippen LogP contribution in [0.3, 0.4) is 0 Å². The van der Waals surface area contributed by atoms with Gasteiger partial charge in [-0.25, -0.2) is 4.39 Å². The standard InChI is InChI=1S/C12H13BrFNOS/c13-11-5-9(14)1-2-10(11)12(16)15-6-8-3-4-17-7-8/h1-2,5,8H,3-4,6-7H2,(H,15,16). The Morgan fingerprint density at radius 2 is 2.41 bits per heavy atom. The second-order valence-corrected chi connectivity index (χ2v) is 6.07. The van der Waals surface area contributed by atoms with Crippen LogP contribution in [0.4, 0.5) is 4.39 Å². The molecule has 2 nitrogen and oxygen atoms in total. The van der Waals surface area contributed by atoms with E-state index >= 15 is 0 Å². The predicted octanol–water partition coefficient (Wildman–Crippen LogP) is 3.07. The van der Waals surface area contributed by atoms with E-state index in [-0.39, 0.29) is 11.7 Å². The molecule has 1 heterocycles. The van der Waals surface area contributed by atoms with Gasteiger partial charge in [0.25, 0.3) is 5.91 Å². The zero-order chi connectivity index (χ0) is 12.3. The second kappa shape index (κ2) is 5.87. The van der Waals surface area contributed by atoms with Crippen molar-refractivity contribution < 1.29 is 9.18 Å². The Morgan fingerprint density at radius 3 is 3.06 bits per heavy atom. The maximum Gasteiger partial charge on any atom is 0.252 e. The van der Waals surface area contributed by atoms with E-state index in [4.69, 9.17) is 0 Å². The SMILES string of the molecule is O=C(NCC1CCSC1)c1ccc(F)cc1Br. The highest BCUT2D eigenvalue weighted by atomic mass is 79.9. The Labute approximate surface area is 112 Å². The van der Waals surface area contributed by atoms with Crippen molar-refractivity contribution in [3.63, 3.8) is 0 Å². The molecule has 0 saturated carbocycles. The molecule has 1 aromatic carbocycles. The minimum Gasteiger partial charge on any atom is -0.352 e. The van der Waals surface area contributed by atoms with E-state index in [1.165, 1.54) is 24.0 Å². The lowest BCUT2D eigenvalue weighted by molar-refractivity contribution is 0.0947. The lowest BCUT2D eigenvalue weighted by Crippen LogP contribution is -2.29. The molecule has 17 heavy (non-hydrogen) atoms. The van der Waals surface area contributed by atoms with Gasteiger partial charge in [-0.3, -0.25) is 4.79 Å². The summed E-state index contributed by atoms with van der Waals surface area (Å²) in [5.74, 6) is 2.38. The van der Waals surface area contributed by atoms with E-state index in [2.05, 4.69) is 21.2 Å². The van der Waals surface area contributed by atoms with E-state index in [1.54, 1.807) is 0 Å². The number of rotatable bonds is 3. The summed E-state index contributed by atoms with van der Waals surface area (Å²) >= 11 is 5.12. The highest BCUT2D eigenvalue weighted by Gasteiger charge is 2.17. The number of thioether (sulfide) groups is 1. The summed E-state index contributed by atoms with van der Waals surface area (Å²) < 4.78 is 13.4. The highest BCUT2D eigenvalue weighted by Crippen LogP contribution is 2.23. The number of carbonyl (C=O) groups is 1. The van der Waals surface area contributed by atoms with Gasteiger partial charge in [0.15, 0.2) is 0 Å². The fourth-order valence-corrected chi connectivity index (χ4v) is 3.57. The van der Waals surface area contributed by atoms with Gasteiger partial charge in [0.2, 0.25) is 0 Å². The van der Waals surface area contributed by atoms with Gasteiger partial charge < -0.3 is 5.32 Å². The monoisotopic (exact) mass is 317 g/mol. The summed E-state index contributed by atoms with van der Waals surface area (Å²) in [6.07, 6.45) is 1.16. The van der Waals surface area contributed by atoms with Crippen molar-refractivity contribution >= 4 is 33.6 Å². The molecule has 1 N–H and O–H groups in total. The largest absolute Gasteiger partial charge is 0.352 e. The van der Waals surface area contributed by atoms with E-state index < -0.39 is 0 Å². The number of amides is 1. The zero-order valence-corrected chi connectivity index (χ0v) is 11.6. The smallest absolute Gasteiger partial charge is 0.252 e. The summed E-state index contributed by atoms with van der Waals surface area (Å²) in [6, 6.07) is 4.10. The maximum atomic E-state index is 12.9. The number of carbonyl (C=O) groups excluding carboxylic acids is 1. The molecular weight excluding hydrogens is 305 g/mol. The first-order chi connectivity index (χ1) is 8.16. The fraction of sp³-hybridized carbons (Fsp3) is 0.417. The van der Waals surface area contributed by atoms with Gasteiger partial charge >= 0.3 is 0 Å². The molecular formula is C12H13BrFNOS. The first-order valence-electron chi connectivity index (χ1n) is 5.48. The van der Waals surface area contributed by atoms with Crippen LogP contribution in [-0.2, 0) is 0 Å². The molecule has 0 bridgehead atoms. The average Bonchev–Trinajstić information content (AvgIpc) is 2.78. The second-order valence-electron chi connectivity index (χ2n) is 4.06. The molecule has 1 aliphatic rings. The number of nitrogens with one attached hydrogen (secondary N) is 1. The van der Waals surface area contributed by atoms with Crippen LogP contribution in [0.1, 0.15) is 16.8 Å². The molecule has 0 spiro atoms. The lowest BCUT2D eigenvalue weighted by atomic mass is 10.1. The fourth-order valence-electron chi connectivity index (χ4n) is 1.75. The average molecular weight is 318 g/mol. The first kappa shape index (κ1) is 12.9. The minimum absolute atomic E-state index is 0.145. The van der Waals surface area contributed by atoms with Crippen LogP contribution in [0, 0.1) is 11.7 Å². The molecule has 1 aliphatic heterocycles. The molecule has 1 atom stereocenters. The molecule has 5 heteroatoms. The normalized spacial score (nSPS) is 19.3. The zero-order valence-electron chi connectivity index (χ0n) is 9.21. The van der Waals surface area contributed by atoms with Crippen molar-refractivity contribution in [2.24, 2.45) is 5.92 Å². The van der Waals surface area contributed by atoms with Crippen molar-refractivity contribution in [2.45, 2.75) is 6.42 Å². The van der Waals surface area contributed by atoms with Gasteiger partial charge in [0, 0.05) is 11.0 Å². The summed E-state index contributed by atoms with van der Waals surface area (Å²) in [6.45, 7) is 0.704. The number of hydrogen-bond donors (Lipinski definition) is 1. The number of halogens is 2. The predicted molar refractivity (Wildman–Crippen MR) is 71.9 cm³/mol. The number of hydrogen-bond acceptors (Lipinski definition) is 2. The van der Waals surface area contributed by atoms with Crippen molar-refractivity contribution in [2.75, 3.05) is 18.1 Å². The Bertz CT molecular complexity index is 421. The van der Waals surface area contributed by atoms with Crippen molar-refractivity contribution in [3.05, 3.63) is 34.1 Å². The van der Waals surface area contributed by atoms with Gasteiger partial charge in [-0.05, 0) is 58.0 Å². The van der Waals surface area contributed by atoms with E-state index in [1.807, 2.05) is 11.8 Å². The third kappa shape index (κ3) is 3.45. The Kier molecular flexibility index (Phi) is 4.45. The third-order valence-electron chi connectivity index (χ3n) is 2.75. The quantitative estimate of drug-likeness (QED) is 0.928. The van der Waals surface area contributed by atoms with Crippen LogP contribution in [0.2, 0.25) is 0 Å². The Morgan fingerprint density at radius 1 is 1.59 bits per heavy atom. The molecule has 1 fully saturated rings. The summed E-state index contributed by atoms with van der Waals surface area (Å²) in [4.78, 5) is 11.9. The van der Waals surface area contributed by atoms with Crippen LogP contribution in [0.25, 0.3) is 0 Å².